The van der Waals surface area contributed by atoms with Gasteiger partial charge in [0.1, 0.15) is 0 Å². The predicted molar refractivity (Wildman–Crippen MR) is 81.8 cm³/mol. The minimum atomic E-state index is -0.842. The van der Waals surface area contributed by atoms with Crippen LogP contribution in [0, 0.1) is 5.92 Å². The lowest BCUT2D eigenvalue weighted by Crippen LogP contribution is -2.37. The van der Waals surface area contributed by atoms with E-state index in [1.807, 2.05) is 19.9 Å². The van der Waals surface area contributed by atoms with Crippen molar-refractivity contribution in [2.45, 2.75) is 39.2 Å². The molecule has 2 rings (SSSR count). The van der Waals surface area contributed by atoms with E-state index in [1.54, 1.807) is 24.0 Å². The van der Waals surface area contributed by atoms with Gasteiger partial charge in [-0.25, -0.2) is 0 Å². The molecule has 2 unspecified atom stereocenters. The van der Waals surface area contributed by atoms with Crippen molar-refractivity contribution in [2.24, 2.45) is 5.92 Å². The highest BCUT2D eigenvalue weighted by atomic mass is 35.5. The highest BCUT2D eigenvalue weighted by Gasteiger charge is 2.38. The Morgan fingerprint density at radius 1 is 1.38 bits per heavy atom. The molecule has 0 spiro atoms. The molecule has 0 aliphatic carbocycles. The molecule has 0 radical (unpaired) electrons. The molecule has 4 nitrogen and oxygen atoms in total. The summed E-state index contributed by atoms with van der Waals surface area (Å²) < 4.78 is 0. The lowest BCUT2D eigenvalue weighted by atomic mass is 10.0. The number of hydrogen-bond donors (Lipinski definition) is 1. The summed E-state index contributed by atoms with van der Waals surface area (Å²) in [5, 5.41) is 9.72. The largest absolute Gasteiger partial charge is 0.481 e. The van der Waals surface area contributed by atoms with E-state index < -0.39 is 11.9 Å². The van der Waals surface area contributed by atoms with Crippen molar-refractivity contribution in [1.82, 2.24) is 4.90 Å². The lowest BCUT2D eigenvalue weighted by molar-refractivity contribution is -0.142. The van der Waals surface area contributed by atoms with Crippen LogP contribution in [0.2, 0.25) is 5.02 Å². The number of halogens is 1. The highest BCUT2D eigenvalue weighted by Crippen LogP contribution is 2.29. The second-order valence-corrected chi connectivity index (χ2v) is 6.27. The molecule has 21 heavy (non-hydrogen) atoms. The summed E-state index contributed by atoms with van der Waals surface area (Å²) >= 11 is 6.23. The van der Waals surface area contributed by atoms with Gasteiger partial charge in [-0.2, -0.15) is 0 Å². The molecule has 0 saturated carbocycles. The van der Waals surface area contributed by atoms with Gasteiger partial charge in [0, 0.05) is 23.2 Å². The van der Waals surface area contributed by atoms with E-state index in [-0.39, 0.29) is 11.9 Å². The smallest absolute Gasteiger partial charge is 0.308 e. The number of hydrogen-bond acceptors (Lipinski definition) is 2. The molecule has 0 bridgehead atoms. The highest BCUT2D eigenvalue weighted by molar-refractivity contribution is 6.31. The summed E-state index contributed by atoms with van der Waals surface area (Å²) in [5.74, 6) is -1.18. The third-order valence-corrected chi connectivity index (χ3v) is 4.53. The fraction of sp³-hybridized carbons (Fsp3) is 0.500. The normalized spacial score (nSPS) is 21.9. The van der Waals surface area contributed by atoms with Gasteiger partial charge in [-0.3, -0.25) is 9.59 Å². The van der Waals surface area contributed by atoms with Gasteiger partial charge in [0.05, 0.1) is 5.92 Å². The fourth-order valence-corrected chi connectivity index (χ4v) is 3.25. The summed E-state index contributed by atoms with van der Waals surface area (Å²) in [6.07, 6.45) is 0.500. The number of carboxylic acid groups (broad SMARTS) is 1. The van der Waals surface area contributed by atoms with Gasteiger partial charge in [-0.1, -0.05) is 31.5 Å². The van der Waals surface area contributed by atoms with Crippen molar-refractivity contribution in [2.75, 3.05) is 6.54 Å². The molecule has 0 aromatic heterocycles. The van der Waals surface area contributed by atoms with Crippen LogP contribution in [0.4, 0.5) is 0 Å². The summed E-state index contributed by atoms with van der Waals surface area (Å²) in [6, 6.07) is 5.03. The van der Waals surface area contributed by atoms with Crippen LogP contribution in [-0.2, 0) is 4.79 Å². The third kappa shape index (κ3) is 3.05. The quantitative estimate of drug-likeness (QED) is 0.931. The van der Waals surface area contributed by atoms with Crippen LogP contribution < -0.4 is 0 Å². The van der Waals surface area contributed by atoms with Crippen molar-refractivity contribution < 1.29 is 14.7 Å². The number of benzene rings is 1. The Hall–Kier alpha value is -1.55. The topological polar surface area (TPSA) is 57.6 Å². The van der Waals surface area contributed by atoms with Gasteiger partial charge in [0.15, 0.2) is 0 Å². The monoisotopic (exact) mass is 309 g/mol. The predicted octanol–water partition coefficient (Wildman–Crippen LogP) is 3.40. The molecule has 1 aliphatic rings. The molecule has 2 atom stereocenters. The average Bonchev–Trinajstić information content (AvgIpc) is 2.79. The number of carbonyl (C=O) groups is 2. The van der Waals surface area contributed by atoms with Gasteiger partial charge in [-0.15, -0.1) is 0 Å². The van der Waals surface area contributed by atoms with E-state index in [2.05, 4.69) is 0 Å². The first kappa shape index (κ1) is 15.8. The van der Waals surface area contributed by atoms with Crippen molar-refractivity contribution in [3.8, 4) is 0 Å². The number of amides is 1. The molecule has 1 heterocycles. The van der Waals surface area contributed by atoms with Crippen LogP contribution >= 0.6 is 11.6 Å². The Balaban J connectivity index is 2.21. The molecule has 1 aliphatic heterocycles. The van der Waals surface area contributed by atoms with Crippen LogP contribution in [-0.4, -0.2) is 34.5 Å². The van der Waals surface area contributed by atoms with Crippen LogP contribution in [0.15, 0.2) is 18.2 Å². The third-order valence-electron chi connectivity index (χ3n) is 4.20. The molecule has 1 N–H and O–H groups in total. The summed E-state index contributed by atoms with van der Waals surface area (Å²) in [4.78, 5) is 25.3. The van der Waals surface area contributed by atoms with Crippen LogP contribution in [0.5, 0.6) is 0 Å². The summed E-state index contributed by atoms with van der Waals surface area (Å²) in [6.45, 7) is 6.35. The zero-order valence-electron chi connectivity index (χ0n) is 12.5. The molecule has 1 aromatic rings. The minimum absolute atomic E-state index is 0.150. The van der Waals surface area contributed by atoms with Gasteiger partial charge in [0.25, 0.3) is 5.91 Å². The molecule has 114 valence electrons. The Morgan fingerprint density at radius 3 is 2.52 bits per heavy atom. The second-order valence-electron chi connectivity index (χ2n) is 5.86. The van der Waals surface area contributed by atoms with Crippen LogP contribution in [0.1, 0.15) is 49.0 Å². The molecule has 5 heteroatoms. The van der Waals surface area contributed by atoms with E-state index >= 15 is 0 Å². The van der Waals surface area contributed by atoms with E-state index in [9.17, 15) is 9.59 Å². The second kappa shape index (κ2) is 6.06. The van der Waals surface area contributed by atoms with E-state index in [0.29, 0.717) is 29.5 Å². The average molecular weight is 310 g/mol. The lowest BCUT2D eigenvalue weighted by Gasteiger charge is -2.23. The SMILES string of the molecule is CC(C)c1ccc(C(=O)N2CCC(C(=O)O)C2C)cc1Cl. The molecule has 1 aromatic carbocycles. The summed E-state index contributed by atoms with van der Waals surface area (Å²) in [7, 11) is 0. The van der Waals surface area contributed by atoms with Gasteiger partial charge < -0.3 is 10.0 Å². The first-order chi connectivity index (χ1) is 9.82. The molecular formula is C16H20ClNO3. The van der Waals surface area contributed by atoms with Gasteiger partial charge in [-0.05, 0) is 37.0 Å². The van der Waals surface area contributed by atoms with Crippen molar-refractivity contribution in [1.29, 1.82) is 0 Å². The van der Waals surface area contributed by atoms with Crippen molar-refractivity contribution >= 4 is 23.5 Å². The Bertz CT molecular complexity index is 571. The zero-order valence-corrected chi connectivity index (χ0v) is 13.2. The maximum atomic E-state index is 12.5. The first-order valence-corrected chi connectivity index (χ1v) is 7.54. The summed E-state index contributed by atoms with van der Waals surface area (Å²) in [5.41, 5.74) is 1.52. The Kier molecular flexibility index (Phi) is 4.57. The number of carboxylic acids is 1. The van der Waals surface area contributed by atoms with Gasteiger partial charge >= 0.3 is 5.97 Å². The van der Waals surface area contributed by atoms with Gasteiger partial charge in [0.2, 0.25) is 0 Å². The van der Waals surface area contributed by atoms with E-state index in [0.717, 1.165) is 5.56 Å². The van der Waals surface area contributed by atoms with Crippen molar-refractivity contribution in [3.63, 3.8) is 0 Å². The minimum Gasteiger partial charge on any atom is -0.481 e. The Labute approximate surface area is 129 Å². The molecule has 1 amide bonds. The number of likely N-dealkylation sites (tertiary alicyclic amines) is 1. The van der Waals surface area contributed by atoms with E-state index in [1.165, 1.54) is 0 Å². The number of carbonyl (C=O) groups excluding carboxylic acids is 1. The number of rotatable bonds is 3. The number of nitrogens with zero attached hydrogens (tertiary/aromatic N) is 1. The standard InChI is InChI=1S/C16H20ClNO3/c1-9(2)12-5-4-11(8-14(12)17)15(19)18-7-6-13(10(18)3)16(20)21/h4-5,8-10,13H,6-7H2,1-3H3,(H,20,21). The molecule has 1 saturated heterocycles. The number of aliphatic carboxylic acids is 1. The maximum absolute atomic E-state index is 12.5. The molecular weight excluding hydrogens is 290 g/mol. The van der Waals surface area contributed by atoms with E-state index in [4.69, 9.17) is 16.7 Å². The zero-order chi connectivity index (χ0) is 15.7. The first-order valence-electron chi connectivity index (χ1n) is 7.16. The Morgan fingerprint density at radius 2 is 2.05 bits per heavy atom. The molecule has 1 fully saturated rings. The van der Waals surface area contributed by atoms with Crippen molar-refractivity contribution in [3.05, 3.63) is 34.3 Å². The maximum Gasteiger partial charge on any atom is 0.308 e. The fourth-order valence-electron chi connectivity index (χ4n) is 2.85. The van der Waals surface area contributed by atoms with Crippen LogP contribution in [0.25, 0.3) is 0 Å². The van der Waals surface area contributed by atoms with Crippen LogP contribution in [0.3, 0.4) is 0 Å².